The van der Waals surface area contributed by atoms with E-state index in [2.05, 4.69) is 98.3 Å². The molecule has 7 aromatic heterocycles. The normalized spacial score (nSPS) is 12.0. The summed E-state index contributed by atoms with van der Waals surface area (Å²) in [5.74, 6) is 1.39. The summed E-state index contributed by atoms with van der Waals surface area (Å²) >= 11 is 0. The van der Waals surface area contributed by atoms with Crippen LogP contribution < -0.4 is 0 Å². The Morgan fingerprint density at radius 1 is 0.545 bits per heavy atom. The highest BCUT2D eigenvalue weighted by Crippen LogP contribution is 2.49. The number of hydrogen-bond donors (Lipinski definition) is 3. The van der Waals surface area contributed by atoms with E-state index in [1.165, 1.54) is 0 Å². The maximum absolute atomic E-state index is 6.84. The van der Waals surface area contributed by atoms with Crippen molar-refractivity contribution in [2.24, 2.45) is 0 Å². The molecule has 12 rings (SSSR count). The third-order valence-electron chi connectivity index (χ3n) is 10.6. The van der Waals surface area contributed by atoms with Crippen LogP contribution in [-0.4, -0.2) is 39.7 Å². The number of pyridine rings is 1. The number of imidazole rings is 1. The fourth-order valence-corrected chi connectivity index (χ4v) is 8.16. The molecule has 9 heteroatoms. The minimum absolute atomic E-state index is 0.679. The molecule has 0 atom stereocenters. The summed E-state index contributed by atoms with van der Waals surface area (Å²) in [5, 5.41) is 22.1. The van der Waals surface area contributed by atoms with Crippen LogP contribution in [0.25, 0.3) is 117 Å². The largest absolute Gasteiger partial charge is 0.454 e. The van der Waals surface area contributed by atoms with E-state index in [0.717, 1.165) is 99.7 Å². The van der Waals surface area contributed by atoms with Gasteiger partial charge in [0.25, 0.3) is 0 Å². The predicted octanol–water partition coefficient (Wildman–Crippen LogP) is 11.2. The number of aromatic nitrogens is 8. The Hall–Kier alpha value is -7.78. The molecule has 9 nitrogen and oxygen atoms in total. The summed E-state index contributed by atoms with van der Waals surface area (Å²) in [4.78, 5) is 12.6. The average Bonchev–Trinajstić information content (AvgIpc) is 4.07. The zero-order valence-electron chi connectivity index (χ0n) is 29.1. The van der Waals surface area contributed by atoms with Crippen molar-refractivity contribution in [3.05, 3.63) is 152 Å². The van der Waals surface area contributed by atoms with Gasteiger partial charge in [-0.05, 0) is 66.7 Å². The molecule has 12 aromatic rings. The number of benzene rings is 5. The molecule has 0 saturated carbocycles. The second-order valence-electron chi connectivity index (χ2n) is 13.8. The lowest BCUT2D eigenvalue weighted by Crippen LogP contribution is -2.00. The Morgan fingerprint density at radius 3 is 2.15 bits per heavy atom. The first-order chi connectivity index (χ1) is 27.2. The molecule has 7 heterocycles. The van der Waals surface area contributed by atoms with Crippen molar-refractivity contribution in [2.75, 3.05) is 0 Å². The van der Waals surface area contributed by atoms with Crippen molar-refractivity contribution in [2.45, 2.75) is 0 Å². The Balaban J connectivity index is 1.31. The van der Waals surface area contributed by atoms with Gasteiger partial charge in [-0.1, -0.05) is 84.9 Å². The van der Waals surface area contributed by atoms with Gasteiger partial charge in [-0.15, -0.1) is 10.2 Å². The molecule has 0 aliphatic rings. The first-order valence-electron chi connectivity index (χ1n) is 18.2. The van der Waals surface area contributed by atoms with Crippen LogP contribution in [0.1, 0.15) is 0 Å². The third kappa shape index (κ3) is 4.47. The molecule has 0 saturated heterocycles. The van der Waals surface area contributed by atoms with E-state index in [1.54, 1.807) is 0 Å². The lowest BCUT2D eigenvalue weighted by atomic mass is 9.98. The van der Waals surface area contributed by atoms with Crippen LogP contribution >= 0.6 is 0 Å². The Morgan fingerprint density at radius 2 is 1.29 bits per heavy atom. The van der Waals surface area contributed by atoms with Gasteiger partial charge in [-0.3, -0.25) is 5.10 Å². The standard InChI is InChI=1S/C46H28N8O/c1-5-15-31-26(11-1)23-36(47-31)30-21-22-38-42(43-29-14-4-7-17-33(29)51-53-43)41(37-24-27-12-2-6-16-32(27)50-52-37)45(40-25-28-13-3-10-20-39(28)55-40)54(38)44(30)46-48-34-18-8-9-19-35(34)49-46/h1-25,47H,(H,48,49)(H,51,53). The van der Waals surface area contributed by atoms with Crippen LogP contribution in [0.3, 0.4) is 0 Å². The molecule has 3 N–H and O–H groups in total. The van der Waals surface area contributed by atoms with Gasteiger partial charge in [0, 0.05) is 49.4 Å². The summed E-state index contributed by atoms with van der Waals surface area (Å²) in [5.41, 5.74) is 13.1. The first-order valence-corrected chi connectivity index (χ1v) is 18.2. The molecule has 55 heavy (non-hydrogen) atoms. The van der Waals surface area contributed by atoms with Crippen LogP contribution in [0.5, 0.6) is 0 Å². The van der Waals surface area contributed by atoms with E-state index in [-0.39, 0.29) is 0 Å². The Bertz CT molecular complexity index is 3370. The van der Waals surface area contributed by atoms with Gasteiger partial charge in [0.15, 0.2) is 11.6 Å². The maximum atomic E-state index is 6.84. The number of aromatic amines is 3. The number of nitrogens with zero attached hydrogens (tertiary/aromatic N) is 5. The quantitative estimate of drug-likeness (QED) is 0.165. The number of fused-ring (bicyclic) bond motifs is 6. The molecule has 0 spiro atoms. The van der Waals surface area contributed by atoms with Crippen LogP contribution in [0, 0.1) is 0 Å². The van der Waals surface area contributed by atoms with Gasteiger partial charge in [-0.25, -0.2) is 4.98 Å². The molecule has 0 fully saturated rings. The van der Waals surface area contributed by atoms with Crippen molar-refractivity contribution < 1.29 is 4.42 Å². The van der Waals surface area contributed by atoms with Crippen molar-refractivity contribution in [3.63, 3.8) is 0 Å². The topological polar surface area (TPSA) is 116 Å². The van der Waals surface area contributed by atoms with Crippen LogP contribution in [0.4, 0.5) is 0 Å². The van der Waals surface area contributed by atoms with Gasteiger partial charge in [0.2, 0.25) is 0 Å². The van der Waals surface area contributed by atoms with Gasteiger partial charge in [0.1, 0.15) is 11.3 Å². The van der Waals surface area contributed by atoms with Crippen LogP contribution in [0.15, 0.2) is 156 Å². The first kappa shape index (κ1) is 29.8. The highest BCUT2D eigenvalue weighted by Gasteiger charge is 2.31. The molecule has 258 valence electrons. The number of hydrogen-bond acceptors (Lipinski definition) is 5. The Labute approximate surface area is 311 Å². The molecule has 0 aliphatic carbocycles. The lowest BCUT2D eigenvalue weighted by molar-refractivity contribution is 0.628. The van der Waals surface area contributed by atoms with Crippen molar-refractivity contribution in [1.29, 1.82) is 0 Å². The van der Waals surface area contributed by atoms with Gasteiger partial charge in [-0.2, -0.15) is 5.10 Å². The minimum Gasteiger partial charge on any atom is -0.454 e. The third-order valence-corrected chi connectivity index (χ3v) is 10.6. The summed E-state index contributed by atoms with van der Waals surface area (Å²) in [6.07, 6.45) is 0. The van der Waals surface area contributed by atoms with Gasteiger partial charge in [0.05, 0.1) is 44.7 Å². The highest BCUT2D eigenvalue weighted by molar-refractivity contribution is 6.09. The number of H-pyrrole nitrogens is 3. The number of rotatable bonds is 5. The SMILES string of the molecule is c1ccc2nnc(-c3c(-c4n[nH]c5ccccc45)c4ccc(-c5cc6ccccc6[nH]5)c(-c5nc6ccccc6[nH]5)n4c3-c3cc4ccccc4o3)cc2c1. The summed E-state index contributed by atoms with van der Waals surface area (Å²) < 4.78 is 9.12. The molecule has 0 radical (unpaired) electrons. The number of nitrogens with one attached hydrogen (secondary N) is 3. The number of para-hydroxylation sites is 5. The van der Waals surface area contributed by atoms with Crippen LogP contribution in [-0.2, 0) is 0 Å². The molecular formula is C46H28N8O. The smallest absolute Gasteiger partial charge is 0.156 e. The van der Waals surface area contributed by atoms with E-state index in [9.17, 15) is 0 Å². The zero-order chi connectivity index (χ0) is 36.0. The molecule has 0 bridgehead atoms. The van der Waals surface area contributed by atoms with Crippen molar-refractivity contribution in [3.8, 4) is 56.7 Å². The van der Waals surface area contributed by atoms with E-state index < -0.39 is 0 Å². The summed E-state index contributed by atoms with van der Waals surface area (Å²) in [6.45, 7) is 0. The van der Waals surface area contributed by atoms with Gasteiger partial charge < -0.3 is 18.8 Å². The summed E-state index contributed by atoms with van der Waals surface area (Å²) in [6, 6.07) is 51.6. The second-order valence-corrected chi connectivity index (χ2v) is 13.8. The number of furan rings is 1. The van der Waals surface area contributed by atoms with Crippen LogP contribution in [0.2, 0.25) is 0 Å². The minimum atomic E-state index is 0.679. The van der Waals surface area contributed by atoms with E-state index >= 15 is 0 Å². The average molecular weight is 709 g/mol. The zero-order valence-corrected chi connectivity index (χ0v) is 29.1. The molecule has 0 aliphatic heterocycles. The summed E-state index contributed by atoms with van der Waals surface area (Å²) in [7, 11) is 0. The van der Waals surface area contributed by atoms with Gasteiger partial charge >= 0.3 is 0 Å². The fourth-order valence-electron chi connectivity index (χ4n) is 8.16. The predicted molar refractivity (Wildman–Crippen MR) is 219 cm³/mol. The molecule has 0 amide bonds. The Kier molecular flexibility index (Phi) is 6.15. The monoisotopic (exact) mass is 708 g/mol. The molecule has 5 aromatic carbocycles. The molecular weight excluding hydrogens is 681 g/mol. The van der Waals surface area contributed by atoms with Crippen molar-refractivity contribution >= 4 is 60.2 Å². The molecule has 0 unspecified atom stereocenters. The van der Waals surface area contributed by atoms with E-state index in [4.69, 9.17) is 24.7 Å². The van der Waals surface area contributed by atoms with Crippen molar-refractivity contribution in [1.82, 2.24) is 39.7 Å². The lowest BCUT2D eigenvalue weighted by Gasteiger charge is -2.13. The fraction of sp³-hybridized carbons (Fsp3) is 0. The van der Waals surface area contributed by atoms with E-state index in [0.29, 0.717) is 17.3 Å². The maximum Gasteiger partial charge on any atom is 0.156 e. The second kappa shape index (κ2) is 11.4. The van der Waals surface area contributed by atoms with E-state index in [1.807, 2.05) is 72.8 Å². The highest BCUT2D eigenvalue weighted by atomic mass is 16.3.